The highest BCUT2D eigenvalue weighted by Crippen LogP contribution is 2.23. The number of hydrogen-bond donors (Lipinski definition) is 0. The molecular formula is C13H19ClFN. The van der Waals surface area contributed by atoms with Gasteiger partial charge < -0.3 is 4.90 Å². The fraction of sp³-hybridized carbons (Fsp3) is 0.538. The second-order valence-corrected chi connectivity index (χ2v) is 4.57. The number of nitrogens with zero attached hydrogens (tertiary/aromatic N) is 1. The molecule has 1 rings (SSSR count). The van der Waals surface area contributed by atoms with Crippen LogP contribution in [0.5, 0.6) is 0 Å². The molecule has 0 fully saturated rings. The molecule has 0 aliphatic carbocycles. The molecule has 0 saturated heterocycles. The third kappa shape index (κ3) is 3.38. The number of halogens is 2. The molecule has 0 radical (unpaired) electrons. The highest BCUT2D eigenvalue weighted by molar-refractivity contribution is 6.17. The van der Waals surface area contributed by atoms with E-state index >= 15 is 0 Å². The molecule has 1 atom stereocenters. The fourth-order valence-corrected chi connectivity index (χ4v) is 1.94. The highest BCUT2D eigenvalue weighted by Gasteiger charge is 2.10. The van der Waals surface area contributed by atoms with Gasteiger partial charge in [0.2, 0.25) is 0 Å². The largest absolute Gasteiger partial charge is 0.374 e. The molecular weight excluding hydrogens is 225 g/mol. The molecule has 0 spiro atoms. The maximum Gasteiger partial charge on any atom is 0.123 e. The van der Waals surface area contributed by atoms with Crippen molar-refractivity contribution >= 4 is 17.3 Å². The Bertz CT molecular complexity index is 341. The monoisotopic (exact) mass is 243 g/mol. The van der Waals surface area contributed by atoms with E-state index in [9.17, 15) is 4.39 Å². The Balaban J connectivity index is 2.85. The minimum Gasteiger partial charge on any atom is -0.374 e. The van der Waals surface area contributed by atoms with Gasteiger partial charge in [0.05, 0.1) is 0 Å². The van der Waals surface area contributed by atoms with Crippen LogP contribution in [0.4, 0.5) is 10.1 Å². The first-order valence-electron chi connectivity index (χ1n) is 5.64. The normalized spacial score (nSPS) is 12.6. The van der Waals surface area contributed by atoms with E-state index < -0.39 is 0 Å². The second kappa shape index (κ2) is 6.09. The standard InChI is InChI=1S/C13H19ClFN/c1-4-10(2)9-16(3)13-6-5-12(15)7-11(13)8-14/h5-7,10H,4,8-9H2,1-3H3. The van der Waals surface area contributed by atoms with E-state index in [1.165, 1.54) is 12.1 Å². The van der Waals surface area contributed by atoms with Gasteiger partial charge in [-0.1, -0.05) is 20.3 Å². The molecule has 16 heavy (non-hydrogen) atoms. The summed E-state index contributed by atoms with van der Waals surface area (Å²) in [5.41, 5.74) is 1.88. The molecule has 1 aromatic carbocycles. The molecule has 1 nitrogen and oxygen atoms in total. The lowest BCUT2D eigenvalue weighted by molar-refractivity contribution is 0.559. The molecule has 90 valence electrons. The average Bonchev–Trinajstić information content (AvgIpc) is 2.28. The van der Waals surface area contributed by atoms with E-state index in [4.69, 9.17) is 11.6 Å². The molecule has 0 aliphatic heterocycles. The maximum atomic E-state index is 13.0. The van der Waals surface area contributed by atoms with Gasteiger partial charge in [0.15, 0.2) is 0 Å². The van der Waals surface area contributed by atoms with Crippen molar-refractivity contribution in [3.8, 4) is 0 Å². The van der Waals surface area contributed by atoms with Crippen molar-refractivity contribution in [2.24, 2.45) is 5.92 Å². The number of hydrogen-bond acceptors (Lipinski definition) is 1. The Hall–Kier alpha value is -0.760. The third-order valence-corrected chi connectivity index (χ3v) is 3.17. The number of anilines is 1. The Morgan fingerprint density at radius 2 is 2.12 bits per heavy atom. The van der Waals surface area contributed by atoms with Crippen molar-refractivity contribution in [1.82, 2.24) is 0 Å². The van der Waals surface area contributed by atoms with Crippen LogP contribution in [-0.2, 0) is 5.88 Å². The average molecular weight is 244 g/mol. The Labute approximate surface area is 102 Å². The number of rotatable bonds is 5. The van der Waals surface area contributed by atoms with Crippen molar-refractivity contribution < 1.29 is 4.39 Å². The summed E-state index contributed by atoms with van der Waals surface area (Å²) in [6.07, 6.45) is 1.14. The van der Waals surface area contributed by atoms with Gasteiger partial charge in [-0.2, -0.15) is 0 Å². The first kappa shape index (κ1) is 13.3. The highest BCUT2D eigenvalue weighted by atomic mass is 35.5. The minimum absolute atomic E-state index is 0.226. The molecule has 0 aromatic heterocycles. The van der Waals surface area contributed by atoms with Crippen molar-refractivity contribution in [3.63, 3.8) is 0 Å². The smallest absolute Gasteiger partial charge is 0.123 e. The Morgan fingerprint density at radius 1 is 1.44 bits per heavy atom. The van der Waals surface area contributed by atoms with E-state index in [0.29, 0.717) is 11.8 Å². The lowest BCUT2D eigenvalue weighted by Gasteiger charge is -2.24. The second-order valence-electron chi connectivity index (χ2n) is 4.30. The zero-order valence-corrected chi connectivity index (χ0v) is 10.9. The lowest BCUT2D eigenvalue weighted by Crippen LogP contribution is -2.24. The summed E-state index contributed by atoms with van der Waals surface area (Å²) >= 11 is 5.83. The van der Waals surface area contributed by atoms with Gasteiger partial charge in [-0.25, -0.2) is 4.39 Å². The predicted molar refractivity (Wildman–Crippen MR) is 68.7 cm³/mol. The van der Waals surface area contributed by atoms with Crippen LogP contribution in [0.25, 0.3) is 0 Å². The van der Waals surface area contributed by atoms with Crippen LogP contribution in [-0.4, -0.2) is 13.6 Å². The van der Waals surface area contributed by atoms with E-state index in [-0.39, 0.29) is 5.82 Å². The summed E-state index contributed by atoms with van der Waals surface area (Å²) in [7, 11) is 2.02. The first-order valence-corrected chi connectivity index (χ1v) is 6.17. The summed E-state index contributed by atoms with van der Waals surface area (Å²) in [5, 5.41) is 0. The zero-order valence-electron chi connectivity index (χ0n) is 10.1. The van der Waals surface area contributed by atoms with E-state index in [1.807, 2.05) is 7.05 Å². The molecule has 0 heterocycles. The Morgan fingerprint density at radius 3 is 2.69 bits per heavy atom. The van der Waals surface area contributed by atoms with E-state index in [2.05, 4.69) is 18.7 Å². The van der Waals surface area contributed by atoms with Crippen LogP contribution < -0.4 is 4.90 Å². The molecule has 0 bridgehead atoms. The van der Waals surface area contributed by atoms with Crippen LogP contribution in [0.15, 0.2) is 18.2 Å². The van der Waals surface area contributed by atoms with E-state index in [0.717, 1.165) is 24.2 Å². The van der Waals surface area contributed by atoms with Gasteiger partial charge in [-0.15, -0.1) is 11.6 Å². The van der Waals surface area contributed by atoms with Crippen molar-refractivity contribution in [2.75, 3.05) is 18.5 Å². The van der Waals surface area contributed by atoms with Gasteiger partial charge >= 0.3 is 0 Å². The van der Waals surface area contributed by atoms with Crippen LogP contribution >= 0.6 is 11.6 Å². The summed E-state index contributed by atoms with van der Waals surface area (Å²) < 4.78 is 13.0. The fourth-order valence-electron chi connectivity index (χ4n) is 1.73. The van der Waals surface area contributed by atoms with Gasteiger partial charge in [0.1, 0.15) is 5.82 Å². The third-order valence-electron chi connectivity index (χ3n) is 2.88. The molecule has 0 N–H and O–H groups in total. The van der Waals surface area contributed by atoms with Crippen LogP contribution in [0, 0.1) is 11.7 Å². The summed E-state index contributed by atoms with van der Waals surface area (Å²) in [5.74, 6) is 0.743. The summed E-state index contributed by atoms with van der Waals surface area (Å²) in [6, 6.07) is 4.80. The van der Waals surface area contributed by atoms with Crippen LogP contribution in [0.1, 0.15) is 25.8 Å². The molecule has 0 saturated carbocycles. The van der Waals surface area contributed by atoms with Gasteiger partial charge in [-0.05, 0) is 29.7 Å². The van der Waals surface area contributed by atoms with Crippen molar-refractivity contribution in [3.05, 3.63) is 29.6 Å². The summed E-state index contributed by atoms with van der Waals surface area (Å²) in [6.45, 7) is 5.35. The van der Waals surface area contributed by atoms with Gasteiger partial charge in [0.25, 0.3) is 0 Å². The lowest BCUT2D eigenvalue weighted by atomic mass is 10.1. The number of benzene rings is 1. The minimum atomic E-state index is -0.226. The molecule has 0 amide bonds. The maximum absolute atomic E-state index is 13.0. The van der Waals surface area contributed by atoms with Crippen LogP contribution in [0.2, 0.25) is 0 Å². The molecule has 3 heteroatoms. The SMILES string of the molecule is CCC(C)CN(C)c1ccc(F)cc1CCl. The van der Waals surface area contributed by atoms with Crippen molar-refractivity contribution in [1.29, 1.82) is 0 Å². The van der Waals surface area contributed by atoms with Gasteiger partial charge in [0, 0.05) is 25.2 Å². The molecule has 1 aromatic rings. The summed E-state index contributed by atoms with van der Waals surface area (Å²) in [4.78, 5) is 2.14. The van der Waals surface area contributed by atoms with Gasteiger partial charge in [-0.3, -0.25) is 0 Å². The first-order chi connectivity index (χ1) is 7.58. The molecule has 0 aliphatic rings. The zero-order chi connectivity index (χ0) is 12.1. The Kier molecular flexibility index (Phi) is 5.07. The molecule has 1 unspecified atom stereocenters. The number of alkyl halides is 1. The topological polar surface area (TPSA) is 3.24 Å². The quantitative estimate of drug-likeness (QED) is 0.706. The van der Waals surface area contributed by atoms with Crippen LogP contribution in [0.3, 0.4) is 0 Å². The van der Waals surface area contributed by atoms with E-state index in [1.54, 1.807) is 6.07 Å². The predicted octanol–water partition coefficient (Wildman–Crippen LogP) is 4.05. The van der Waals surface area contributed by atoms with Crippen molar-refractivity contribution in [2.45, 2.75) is 26.1 Å².